The molecule has 0 heterocycles. The van der Waals surface area contributed by atoms with Crippen molar-refractivity contribution in [2.45, 2.75) is 56.9 Å². The fourth-order valence-electron chi connectivity index (χ4n) is 2.55. The molecule has 5 N–H and O–H groups in total. The predicted octanol–water partition coefficient (Wildman–Crippen LogP) is 3.08. The Bertz CT molecular complexity index is 651. The molecule has 7 heteroatoms. The molecule has 138 valence electrons. The van der Waals surface area contributed by atoms with E-state index in [9.17, 15) is 9.50 Å². The van der Waals surface area contributed by atoms with Crippen molar-refractivity contribution in [1.29, 1.82) is 0 Å². The summed E-state index contributed by atoms with van der Waals surface area (Å²) >= 11 is 1.16. The summed E-state index contributed by atoms with van der Waals surface area (Å²) in [5, 5.41) is 20.4. The minimum atomic E-state index is -1.13. The number of aliphatic imine (C=N–C) groups is 1. The molecule has 0 aliphatic heterocycles. The Balaban J connectivity index is 3.15. The van der Waals surface area contributed by atoms with Crippen LogP contribution in [0.3, 0.4) is 0 Å². The standard InChI is InChI=1S/C18H26FN3O2S/c1-5-18(24,6-2)17(4,11-12-23)25-16(22-20)21-13(3)14-7-9-15(19)10-8-14/h7-10,13,23-24H,5-6,20H2,1-4H3,(H,21,22)/t13-,17+/m0/s1. The highest BCUT2D eigenvalue weighted by Gasteiger charge is 2.45. The number of amidine groups is 1. The number of nitrogens with two attached hydrogens (primary N) is 1. The number of halogens is 1. The average molecular weight is 367 g/mol. The van der Waals surface area contributed by atoms with Crippen LogP contribution in [-0.2, 0) is 0 Å². The summed E-state index contributed by atoms with van der Waals surface area (Å²) in [5.41, 5.74) is 2.22. The predicted molar refractivity (Wildman–Crippen MR) is 101 cm³/mol. The molecule has 5 nitrogen and oxygen atoms in total. The molecule has 25 heavy (non-hydrogen) atoms. The largest absolute Gasteiger partial charge is 0.462 e. The second kappa shape index (κ2) is 9.09. The van der Waals surface area contributed by atoms with Gasteiger partial charge >= 0.3 is 0 Å². The second-order valence-corrected chi connectivity index (χ2v) is 7.32. The number of rotatable bonds is 6. The van der Waals surface area contributed by atoms with Gasteiger partial charge in [-0.15, -0.1) is 0 Å². The number of hydrazine groups is 1. The maximum Gasteiger partial charge on any atom is 0.173 e. The van der Waals surface area contributed by atoms with Crippen LogP contribution in [0.2, 0.25) is 0 Å². The zero-order valence-corrected chi connectivity index (χ0v) is 15.8. The van der Waals surface area contributed by atoms with Crippen molar-refractivity contribution in [3.05, 3.63) is 35.6 Å². The van der Waals surface area contributed by atoms with Gasteiger partial charge in [-0.05, 0) is 50.3 Å². The van der Waals surface area contributed by atoms with E-state index in [0.29, 0.717) is 18.0 Å². The van der Waals surface area contributed by atoms with Crippen molar-refractivity contribution in [2.75, 3.05) is 0 Å². The molecule has 0 aliphatic rings. The molecule has 1 aromatic rings. The fourth-order valence-corrected chi connectivity index (χ4v) is 3.78. The van der Waals surface area contributed by atoms with Crippen molar-refractivity contribution in [3.63, 3.8) is 0 Å². The molecule has 1 aromatic carbocycles. The molecule has 0 radical (unpaired) electrons. The lowest BCUT2D eigenvalue weighted by Gasteiger charge is -2.39. The van der Waals surface area contributed by atoms with Crippen molar-refractivity contribution in [3.8, 4) is 12.0 Å². The number of hydrogen-bond donors (Lipinski definition) is 4. The first-order valence-corrected chi connectivity index (χ1v) is 8.94. The first kappa shape index (κ1) is 21.3. The van der Waals surface area contributed by atoms with Gasteiger partial charge < -0.3 is 15.6 Å². The number of benzene rings is 1. The molecule has 1 rings (SSSR count). The normalized spacial score (nSPS) is 15.7. The Kier molecular flexibility index (Phi) is 7.74. The highest BCUT2D eigenvalue weighted by atomic mass is 32.2. The quantitative estimate of drug-likeness (QED) is 0.204. The summed E-state index contributed by atoms with van der Waals surface area (Å²) in [5.74, 6) is 7.97. The van der Waals surface area contributed by atoms with Crippen LogP contribution < -0.4 is 11.3 Å². The number of nitrogens with zero attached hydrogens (tertiary/aromatic N) is 1. The van der Waals surface area contributed by atoms with Crippen LogP contribution in [0.25, 0.3) is 0 Å². The molecule has 0 aliphatic carbocycles. The summed E-state index contributed by atoms with van der Waals surface area (Å²) in [6.45, 7) is 7.31. The van der Waals surface area contributed by atoms with Gasteiger partial charge in [-0.25, -0.2) is 10.2 Å². The Hall–Kier alpha value is -1.75. The number of thioether (sulfide) groups is 1. The van der Waals surface area contributed by atoms with E-state index in [4.69, 9.17) is 10.9 Å². The van der Waals surface area contributed by atoms with E-state index in [1.54, 1.807) is 19.1 Å². The molecule has 0 unspecified atom stereocenters. The van der Waals surface area contributed by atoms with E-state index >= 15 is 0 Å². The van der Waals surface area contributed by atoms with E-state index in [1.165, 1.54) is 12.1 Å². The minimum absolute atomic E-state index is 0.276. The highest BCUT2D eigenvalue weighted by Crippen LogP contribution is 2.40. The Morgan fingerprint density at radius 2 is 1.92 bits per heavy atom. The van der Waals surface area contributed by atoms with E-state index in [2.05, 4.69) is 16.3 Å². The van der Waals surface area contributed by atoms with Gasteiger partial charge in [0.15, 0.2) is 5.17 Å². The van der Waals surface area contributed by atoms with Crippen molar-refractivity contribution < 1.29 is 14.6 Å². The van der Waals surface area contributed by atoms with Crippen LogP contribution in [-0.4, -0.2) is 25.7 Å². The van der Waals surface area contributed by atoms with E-state index < -0.39 is 10.3 Å². The van der Waals surface area contributed by atoms with E-state index in [0.717, 1.165) is 17.3 Å². The molecule has 0 fully saturated rings. The van der Waals surface area contributed by atoms with Gasteiger partial charge in [0.2, 0.25) is 0 Å². The van der Waals surface area contributed by atoms with Crippen LogP contribution in [0.1, 0.15) is 52.1 Å². The maximum atomic E-state index is 13.1. The molecule has 0 bridgehead atoms. The first-order valence-electron chi connectivity index (χ1n) is 8.12. The zero-order chi connectivity index (χ0) is 19.1. The second-order valence-electron chi connectivity index (χ2n) is 5.92. The van der Waals surface area contributed by atoms with Crippen molar-refractivity contribution in [2.24, 2.45) is 10.8 Å². The van der Waals surface area contributed by atoms with Crippen LogP contribution in [0, 0.1) is 17.8 Å². The number of nitrogens with one attached hydrogen (secondary N) is 1. The Morgan fingerprint density at radius 1 is 1.36 bits per heavy atom. The molecule has 0 saturated heterocycles. The molecular weight excluding hydrogens is 341 g/mol. The molecule has 0 amide bonds. The highest BCUT2D eigenvalue weighted by molar-refractivity contribution is 8.15. The third-order valence-corrected chi connectivity index (χ3v) is 5.75. The smallest absolute Gasteiger partial charge is 0.173 e. The Labute approximate surface area is 152 Å². The molecule has 2 atom stereocenters. The molecule has 0 saturated carbocycles. The third kappa shape index (κ3) is 5.11. The lowest BCUT2D eigenvalue weighted by Crippen LogP contribution is -2.50. The molecule has 0 aromatic heterocycles. The fraction of sp³-hybridized carbons (Fsp3) is 0.500. The van der Waals surface area contributed by atoms with Gasteiger partial charge in [-0.2, -0.15) is 0 Å². The Morgan fingerprint density at radius 3 is 2.36 bits per heavy atom. The van der Waals surface area contributed by atoms with Gasteiger partial charge in [-0.3, -0.25) is 4.99 Å². The van der Waals surface area contributed by atoms with E-state index in [-0.39, 0.29) is 11.9 Å². The van der Waals surface area contributed by atoms with Crippen molar-refractivity contribution >= 4 is 16.9 Å². The van der Waals surface area contributed by atoms with Crippen molar-refractivity contribution in [1.82, 2.24) is 5.43 Å². The molecule has 0 spiro atoms. The molecular formula is C18H26FN3O2S. The monoisotopic (exact) mass is 367 g/mol. The third-order valence-electron chi connectivity index (χ3n) is 4.44. The van der Waals surface area contributed by atoms with Crippen LogP contribution in [0.4, 0.5) is 4.39 Å². The van der Waals surface area contributed by atoms with Gasteiger partial charge in [0, 0.05) is 0 Å². The lowest BCUT2D eigenvalue weighted by atomic mass is 9.83. The number of aliphatic hydroxyl groups excluding tert-OH is 1. The van der Waals surface area contributed by atoms with Crippen LogP contribution in [0.15, 0.2) is 29.3 Å². The van der Waals surface area contributed by atoms with Gasteiger partial charge in [0.1, 0.15) is 16.7 Å². The van der Waals surface area contributed by atoms with Crippen LogP contribution in [0.5, 0.6) is 0 Å². The number of aliphatic hydroxyl groups is 2. The van der Waals surface area contributed by atoms with E-state index in [1.807, 2.05) is 26.9 Å². The van der Waals surface area contributed by atoms with Gasteiger partial charge in [0.25, 0.3) is 0 Å². The lowest BCUT2D eigenvalue weighted by molar-refractivity contribution is 0.0154. The van der Waals surface area contributed by atoms with Crippen LogP contribution >= 0.6 is 11.8 Å². The zero-order valence-electron chi connectivity index (χ0n) is 15.0. The SMILES string of the molecule is CCC(O)(CC)[C@@](C)(C#CO)SC(=N[C@@H](C)c1ccc(F)cc1)NN. The number of hydrogen-bond acceptors (Lipinski definition) is 5. The summed E-state index contributed by atoms with van der Waals surface area (Å²) < 4.78 is 12.0. The topological polar surface area (TPSA) is 90.9 Å². The van der Waals surface area contributed by atoms with Gasteiger partial charge in [-0.1, -0.05) is 37.7 Å². The minimum Gasteiger partial charge on any atom is -0.462 e. The summed E-state index contributed by atoms with van der Waals surface area (Å²) in [4.78, 5) is 4.50. The summed E-state index contributed by atoms with van der Waals surface area (Å²) in [7, 11) is 0. The maximum absolute atomic E-state index is 13.1. The average Bonchev–Trinajstić information content (AvgIpc) is 2.60. The van der Waals surface area contributed by atoms with Gasteiger partial charge in [0.05, 0.1) is 11.6 Å². The first-order chi connectivity index (χ1) is 11.7. The summed E-state index contributed by atoms with van der Waals surface area (Å²) in [6, 6.07) is 5.78. The summed E-state index contributed by atoms with van der Waals surface area (Å²) in [6.07, 6.45) is 2.81.